The van der Waals surface area contributed by atoms with Crippen LogP contribution in [-0.4, -0.2) is 15.7 Å². The second-order valence-corrected chi connectivity index (χ2v) is 7.31. The monoisotopic (exact) mass is 381 g/mol. The molecule has 0 spiro atoms. The fraction of sp³-hybridized carbons (Fsp3) is 0.150. The molecule has 0 saturated heterocycles. The molecule has 136 valence electrons. The van der Waals surface area contributed by atoms with E-state index >= 15 is 0 Å². The van der Waals surface area contributed by atoms with Crippen LogP contribution in [-0.2, 0) is 17.9 Å². The molecule has 0 saturated carbocycles. The summed E-state index contributed by atoms with van der Waals surface area (Å²) in [5, 5.41) is 8.47. The standard InChI is InChI=1S/C20H16FN3O2S/c1-12-19-18(15-7-2-3-8-16(15)27-19)20(26)24(23-12)11-17(25)22-10-13-5-4-6-14(21)9-13/h2-9H,10-11H2,1H3,(H,22,25). The topological polar surface area (TPSA) is 64.0 Å². The number of nitrogens with one attached hydrogen (secondary N) is 1. The minimum atomic E-state index is -0.356. The highest BCUT2D eigenvalue weighted by molar-refractivity contribution is 7.26. The molecule has 0 bridgehead atoms. The molecular formula is C20H16FN3O2S. The van der Waals surface area contributed by atoms with Gasteiger partial charge >= 0.3 is 0 Å². The highest BCUT2D eigenvalue weighted by Crippen LogP contribution is 2.32. The lowest BCUT2D eigenvalue weighted by Crippen LogP contribution is -2.33. The molecule has 4 rings (SSSR count). The van der Waals surface area contributed by atoms with Gasteiger partial charge in [-0.05, 0) is 30.7 Å². The Morgan fingerprint density at radius 3 is 2.85 bits per heavy atom. The van der Waals surface area contributed by atoms with Gasteiger partial charge < -0.3 is 5.32 Å². The van der Waals surface area contributed by atoms with Gasteiger partial charge in [0.15, 0.2) is 0 Å². The average molecular weight is 381 g/mol. The van der Waals surface area contributed by atoms with E-state index in [0.29, 0.717) is 16.6 Å². The molecule has 0 aliphatic heterocycles. The van der Waals surface area contributed by atoms with Gasteiger partial charge in [0.2, 0.25) is 5.91 Å². The molecule has 0 aliphatic rings. The van der Waals surface area contributed by atoms with Crippen LogP contribution in [0, 0.1) is 12.7 Å². The third-order valence-electron chi connectivity index (χ3n) is 4.32. The maximum atomic E-state index is 13.2. The van der Waals surface area contributed by atoms with Gasteiger partial charge in [-0.3, -0.25) is 9.59 Å². The molecule has 7 heteroatoms. The summed E-state index contributed by atoms with van der Waals surface area (Å²) >= 11 is 1.53. The molecule has 2 heterocycles. The predicted octanol–water partition coefficient (Wildman–Crippen LogP) is 3.38. The van der Waals surface area contributed by atoms with Crippen LogP contribution in [0.5, 0.6) is 0 Å². The van der Waals surface area contributed by atoms with E-state index in [4.69, 9.17) is 0 Å². The van der Waals surface area contributed by atoms with Crippen LogP contribution >= 0.6 is 11.3 Å². The number of rotatable bonds is 4. The number of thiophene rings is 1. The SMILES string of the molecule is Cc1nn(CC(=O)NCc2cccc(F)c2)c(=O)c2c1sc1ccccc12. The number of aromatic nitrogens is 2. The summed E-state index contributed by atoms with van der Waals surface area (Å²) < 4.78 is 16.3. The molecule has 1 amide bonds. The van der Waals surface area contributed by atoms with Gasteiger partial charge in [0.05, 0.1) is 15.8 Å². The molecule has 0 aliphatic carbocycles. The first-order chi connectivity index (χ1) is 13.0. The molecule has 2 aromatic heterocycles. The maximum Gasteiger partial charge on any atom is 0.276 e. The summed E-state index contributed by atoms with van der Waals surface area (Å²) in [5.74, 6) is -0.711. The zero-order chi connectivity index (χ0) is 19.0. The van der Waals surface area contributed by atoms with Crippen LogP contribution in [0.4, 0.5) is 4.39 Å². The van der Waals surface area contributed by atoms with Gasteiger partial charge in [0, 0.05) is 16.6 Å². The van der Waals surface area contributed by atoms with E-state index in [1.807, 2.05) is 31.2 Å². The van der Waals surface area contributed by atoms with Gasteiger partial charge in [-0.1, -0.05) is 30.3 Å². The molecule has 0 radical (unpaired) electrons. The number of halogens is 1. The molecule has 5 nitrogen and oxygen atoms in total. The lowest BCUT2D eigenvalue weighted by molar-refractivity contribution is -0.122. The van der Waals surface area contributed by atoms with Crippen molar-refractivity contribution in [2.45, 2.75) is 20.0 Å². The van der Waals surface area contributed by atoms with Crippen molar-refractivity contribution in [3.63, 3.8) is 0 Å². The summed E-state index contributed by atoms with van der Waals surface area (Å²) in [6, 6.07) is 13.7. The van der Waals surface area contributed by atoms with Crippen molar-refractivity contribution in [1.82, 2.24) is 15.1 Å². The summed E-state index contributed by atoms with van der Waals surface area (Å²) in [7, 11) is 0. The van der Waals surface area contributed by atoms with Gasteiger partial charge in [0.1, 0.15) is 12.4 Å². The van der Waals surface area contributed by atoms with Gasteiger partial charge in [0.25, 0.3) is 5.56 Å². The van der Waals surface area contributed by atoms with Crippen molar-refractivity contribution >= 4 is 37.4 Å². The number of hydrogen-bond donors (Lipinski definition) is 1. The highest BCUT2D eigenvalue weighted by Gasteiger charge is 2.15. The van der Waals surface area contributed by atoms with Crippen LogP contribution in [0.3, 0.4) is 0 Å². The molecule has 0 unspecified atom stereocenters. The number of carbonyl (C=O) groups excluding carboxylic acids is 1. The van der Waals surface area contributed by atoms with Crippen molar-refractivity contribution < 1.29 is 9.18 Å². The van der Waals surface area contributed by atoms with E-state index < -0.39 is 0 Å². The lowest BCUT2D eigenvalue weighted by atomic mass is 10.2. The second kappa shape index (κ2) is 6.92. The summed E-state index contributed by atoms with van der Waals surface area (Å²) in [5.41, 5.74) is 1.08. The van der Waals surface area contributed by atoms with Crippen LogP contribution < -0.4 is 10.9 Å². The molecular weight excluding hydrogens is 365 g/mol. The van der Waals surface area contributed by atoms with E-state index in [1.165, 1.54) is 28.2 Å². The summed E-state index contributed by atoms with van der Waals surface area (Å²) in [6.45, 7) is 1.83. The van der Waals surface area contributed by atoms with Crippen molar-refractivity contribution in [2.24, 2.45) is 0 Å². The molecule has 2 aromatic carbocycles. The largest absolute Gasteiger partial charge is 0.350 e. The predicted molar refractivity (Wildman–Crippen MR) is 104 cm³/mol. The number of benzene rings is 2. The Labute approximate surface area is 158 Å². The Morgan fingerprint density at radius 1 is 1.22 bits per heavy atom. The van der Waals surface area contributed by atoms with Crippen LogP contribution in [0.2, 0.25) is 0 Å². The Balaban J connectivity index is 1.62. The zero-order valence-electron chi connectivity index (χ0n) is 14.5. The van der Waals surface area contributed by atoms with E-state index in [0.717, 1.165) is 14.8 Å². The molecule has 27 heavy (non-hydrogen) atoms. The number of hydrogen-bond acceptors (Lipinski definition) is 4. The molecule has 1 N–H and O–H groups in total. The Morgan fingerprint density at radius 2 is 2.04 bits per heavy atom. The van der Waals surface area contributed by atoms with Crippen LogP contribution in [0.15, 0.2) is 53.3 Å². The molecule has 0 fully saturated rings. The number of aryl methyl sites for hydroxylation is 1. The van der Waals surface area contributed by atoms with Crippen molar-refractivity contribution in [2.75, 3.05) is 0 Å². The average Bonchev–Trinajstić information content (AvgIpc) is 3.05. The third kappa shape index (κ3) is 3.33. The summed E-state index contributed by atoms with van der Waals surface area (Å²) in [4.78, 5) is 25.2. The number of carbonyl (C=O) groups is 1. The smallest absolute Gasteiger partial charge is 0.276 e. The van der Waals surface area contributed by atoms with Crippen molar-refractivity contribution in [3.8, 4) is 0 Å². The molecule has 4 aromatic rings. The fourth-order valence-electron chi connectivity index (χ4n) is 3.06. The van der Waals surface area contributed by atoms with Crippen LogP contribution in [0.1, 0.15) is 11.3 Å². The van der Waals surface area contributed by atoms with Gasteiger partial charge in [-0.2, -0.15) is 5.10 Å². The number of amides is 1. The van der Waals surface area contributed by atoms with E-state index in [9.17, 15) is 14.0 Å². The first-order valence-electron chi connectivity index (χ1n) is 8.43. The first kappa shape index (κ1) is 17.4. The quantitative estimate of drug-likeness (QED) is 0.589. The van der Waals surface area contributed by atoms with Crippen molar-refractivity contribution in [3.05, 3.63) is 76.0 Å². The second-order valence-electron chi connectivity index (χ2n) is 6.26. The van der Waals surface area contributed by atoms with Gasteiger partial charge in [-0.25, -0.2) is 9.07 Å². The van der Waals surface area contributed by atoms with Gasteiger partial charge in [-0.15, -0.1) is 11.3 Å². The fourth-order valence-corrected chi connectivity index (χ4v) is 4.19. The number of fused-ring (bicyclic) bond motifs is 3. The first-order valence-corrected chi connectivity index (χ1v) is 9.24. The molecule has 0 atom stereocenters. The van der Waals surface area contributed by atoms with E-state index in [2.05, 4.69) is 10.4 Å². The Bertz CT molecular complexity index is 1230. The van der Waals surface area contributed by atoms with Crippen LogP contribution in [0.25, 0.3) is 20.2 Å². The Hall–Kier alpha value is -3.06. The number of nitrogens with zero attached hydrogens (tertiary/aromatic N) is 2. The minimum Gasteiger partial charge on any atom is -0.350 e. The zero-order valence-corrected chi connectivity index (χ0v) is 15.3. The Kier molecular flexibility index (Phi) is 4.45. The third-order valence-corrected chi connectivity index (χ3v) is 5.59. The maximum absolute atomic E-state index is 13.2. The minimum absolute atomic E-state index is 0.185. The highest BCUT2D eigenvalue weighted by atomic mass is 32.1. The summed E-state index contributed by atoms with van der Waals surface area (Å²) in [6.07, 6.45) is 0. The van der Waals surface area contributed by atoms with Crippen molar-refractivity contribution in [1.29, 1.82) is 0 Å². The normalized spacial score (nSPS) is 11.2. The van der Waals surface area contributed by atoms with E-state index in [-0.39, 0.29) is 30.4 Å². The lowest BCUT2D eigenvalue weighted by Gasteiger charge is -2.08. The van der Waals surface area contributed by atoms with E-state index in [1.54, 1.807) is 12.1 Å².